The van der Waals surface area contributed by atoms with Crippen LogP contribution in [0.5, 0.6) is 0 Å². The molecule has 0 unspecified atom stereocenters. The van der Waals surface area contributed by atoms with Gasteiger partial charge < -0.3 is 15.2 Å². The van der Waals surface area contributed by atoms with E-state index in [1.165, 1.54) is 32.1 Å². The second kappa shape index (κ2) is 8.89. The normalized spacial score (nSPS) is 17.4. The molecule has 0 aromatic carbocycles. The van der Waals surface area contributed by atoms with Gasteiger partial charge >= 0.3 is 0 Å². The van der Waals surface area contributed by atoms with Crippen LogP contribution >= 0.6 is 0 Å². The molecule has 0 atom stereocenters. The van der Waals surface area contributed by atoms with Crippen LogP contribution in [-0.2, 0) is 6.42 Å². The van der Waals surface area contributed by atoms with Gasteiger partial charge in [-0.2, -0.15) is 4.98 Å². The average Bonchev–Trinajstić information content (AvgIpc) is 3.19. The van der Waals surface area contributed by atoms with Crippen molar-refractivity contribution in [1.82, 2.24) is 20.8 Å². The lowest BCUT2D eigenvalue weighted by Crippen LogP contribution is -2.39. The van der Waals surface area contributed by atoms with E-state index >= 15 is 0 Å². The first-order chi connectivity index (χ1) is 11.2. The average molecular weight is 321 g/mol. The molecule has 0 bridgehead atoms. The van der Waals surface area contributed by atoms with Gasteiger partial charge in [0.1, 0.15) is 0 Å². The van der Waals surface area contributed by atoms with Crippen LogP contribution in [0.15, 0.2) is 9.52 Å². The molecule has 0 saturated heterocycles. The monoisotopic (exact) mass is 321 g/mol. The van der Waals surface area contributed by atoms with Crippen LogP contribution in [0, 0.1) is 12.3 Å². The van der Waals surface area contributed by atoms with Crippen molar-refractivity contribution in [2.75, 3.05) is 19.6 Å². The summed E-state index contributed by atoms with van der Waals surface area (Å²) in [5.41, 5.74) is 0.434. The van der Waals surface area contributed by atoms with E-state index < -0.39 is 0 Å². The van der Waals surface area contributed by atoms with E-state index in [0.717, 1.165) is 38.4 Å². The maximum Gasteiger partial charge on any atom is 0.226 e. The van der Waals surface area contributed by atoms with Crippen LogP contribution in [0.25, 0.3) is 0 Å². The van der Waals surface area contributed by atoms with E-state index in [0.29, 0.717) is 17.1 Å². The summed E-state index contributed by atoms with van der Waals surface area (Å²) in [5, 5.41) is 10.6. The van der Waals surface area contributed by atoms with Crippen molar-refractivity contribution < 1.29 is 4.52 Å². The molecule has 1 saturated carbocycles. The fourth-order valence-electron chi connectivity index (χ4n) is 3.22. The van der Waals surface area contributed by atoms with E-state index in [1.54, 1.807) is 0 Å². The summed E-state index contributed by atoms with van der Waals surface area (Å²) < 4.78 is 5.13. The molecule has 6 nitrogen and oxygen atoms in total. The summed E-state index contributed by atoms with van der Waals surface area (Å²) in [5.74, 6) is 2.33. The zero-order chi connectivity index (χ0) is 16.5. The number of nitrogens with zero attached hydrogens (tertiary/aromatic N) is 3. The van der Waals surface area contributed by atoms with Crippen molar-refractivity contribution in [3.05, 3.63) is 11.7 Å². The molecule has 2 N–H and O–H groups in total. The Hall–Kier alpha value is -1.59. The first kappa shape index (κ1) is 17.8. The maximum atomic E-state index is 5.13. The Morgan fingerprint density at radius 3 is 2.65 bits per heavy atom. The minimum absolute atomic E-state index is 0.434. The van der Waals surface area contributed by atoms with Crippen LogP contribution in [0.3, 0.4) is 0 Å². The lowest BCUT2D eigenvalue weighted by Gasteiger charge is -2.25. The SMILES string of the molecule is CCNC(=NCC1(CC)CCCC1)NCCCc1nc(C)no1. The Bertz CT molecular complexity index is 491. The van der Waals surface area contributed by atoms with Gasteiger partial charge in [-0.05, 0) is 44.9 Å². The van der Waals surface area contributed by atoms with Crippen molar-refractivity contribution in [2.45, 2.75) is 65.7 Å². The molecule has 1 aliphatic rings. The van der Waals surface area contributed by atoms with Gasteiger partial charge in [0.2, 0.25) is 5.89 Å². The topological polar surface area (TPSA) is 75.3 Å². The molecule has 1 aromatic heterocycles. The largest absolute Gasteiger partial charge is 0.357 e. The summed E-state index contributed by atoms with van der Waals surface area (Å²) in [7, 11) is 0. The summed E-state index contributed by atoms with van der Waals surface area (Å²) in [6.45, 7) is 8.91. The van der Waals surface area contributed by atoms with Crippen molar-refractivity contribution in [3.8, 4) is 0 Å². The third-order valence-electron chi connectivity index (χ3n) is 4.76. The molecule has 1 fully saturated rings. The first-order valence-electron chi connectivity index (χ1n) is 8.99. The summed E-state index contributed by atoms with van der Waals surface area (Å²) in [6.07, 6.45) is 8.34. The molecule has 0 spiro atoms. The van der Waals surface area contributed by atoms with Crippen LogP contribution in [-0.4, -0.2) is 35.7 Å². The number of aromatic nitrogens is 2. The molecule has 130 valence electrons. The Labute approximate surface area is 139 Å². The number of aryl methyl sites for hydroxylation is 2. The van der Waals surface area contributed by atoms with Gasteiger partial charge in [-0.3, -0.25) is 4.99 Å². The highest BCUT2D eigenvalue weighted by Crippen LogP contribution is 2.41. The van der Waals surface area contributed by atoms with Crippen molar-refractivity contribution >= 4 is 5.96 Å². The number of hydrogen-bond donors (Lipinski definition) is 2. The quantitative estimate of drug-likeness (QED) is 0.437. The van der Waals surface area contributed by atoms with E-state index in [4.69, 9.17) is 9.52 Å². The smallest absolute Gasteiger partial charge is 0.226 e. The van der Waals surface area contributed by atoms with Crippen molar-refractivity contribution in [3.63, 3.8) is 0 Å². The Kier molecular flexibility index (Phi) is 6.86. The third kappa shape index (κ3) is 5.52. The first-order valence-corrected chi connectivity index (χ1v) is 8.99. The standard InChI is InChI=1S/C17H31N5O/c1-4-17(10-6-7-11-17)13-20-16(18-5-2)19-12-8-9-15-21-14(3)22-23-15/h4-13H2,1-3H3,(H2,18,19,20). The summed E-state index contributed by atoms with van der Waals surface area (Å²) >= 11 is 0. The molecule has 23 heavy (non-hydrogen) atoms. The van der Waals surface area contributed by atoms with E-state index in [2.05, 4.69) is 34.6 Å². The minimum atomic E-state index is 0.434. The van der Waals surface area contributed by atoms with Gasteiger partial charge in [-0.15, -0.1) is 0 Å². The van der Waals surface area contributed by atoms with Gasteiger partial charge in [0, 0.05) is 26.1 Å². The van der Waals surface area contributed by atoms with Gasteiger partial charge in [-0.25, -0.2) is 0 Å². The number of nitrogens with one attached hydrogen (secondary N) is 2. The molecule has 1 aromatic rings. The molecule has 6 heteroatoms. The van der Waals surface area contributed by atoms with Gasteiger partial charge in [0.15, 0.2) is 11.8 Å². The second-order valence-electron chi connectivity index (χ2n) is 6.52. The fourth-order valence-corrected chi connectivity index (χ4v) is 3.22. The van der Waals surface area contributed by atoms with Crippen molar-refractivity contribution in [1.29, 1.82) is 0 Å². The Balaban J connectivity index is 1.77. The van der Waals surface area contributed by atoms with Crippen LogP contribution in [0.4, 0.5) is 0 Å². The van der Waals surface area contributed by atoms with E-state index in [-0.39, 0.29) is 0 Å². The molecule has 1 heterocycles. The van der Waals surface area contributed by atoms with Crippen LogP contribution in [0.2, 0.25) is 0 Å². The number of rotatable bonds is 8. The number of hydrogen-bond acceptors (Lipinski definition) is 4. The molecule has 0 amide bonds. The highest BCUT2D eigenvalue weighted by molar-refractivity contribution is 5.79. The zero-order valence-corrected chi connectivity index (χ0v) is 14.8. The highest BCUT2D eigenvalue weighted by atomic mass is 16.5. The molecule has 1 aliphatic carbocycles. The van der Waals surface area contributed by atoms with Crippen LogP contribution < -0.4 is 10.6 Å². The molecular formula is C17H31N5O. The fraction of sp³-hybridized carbons (Fsp3) is 0.824. The predicted octanol–water partition coefficient (Wildman–Crippen LogP) is 2.84. The Morgan fingerprint density at radius 1 is 1.26 bits per heavy atom. The molecule has 0 radical (unpaired) electrons. The molecular weight excluding hydrogens is 290 g/mol. The van der Waals surface area contributed by atoms with Gasteiger partial charge in [0.25, 0.3) is 0 Å². The second-order valence-corrected chi connectivity index (χ2v) is 6.52. The van der Waals surface area contributed by atoms with Crippen LogP contribution in [0.1, 0.15) is 64.1 Å². The summed E-state index contributed by atoms with van der Waals surface area (Å²) in [4.78, 5) is 9.05. The predicted molar refractivity (Wildman–Crippen MR) is 92.5 cm³/mol. The number of aliphatic imine (C=N–C) groups is 1. The highest BCUT2D eigenvalue weighted by Gasteiger charge is 2.31. The van der Waals surface area contributed by atoms with Gasteiger partial charge in [-0.1, -0.05) is 24.9 Å². The van der Waals surface area contributed by atoms with E-state index in [1.807, 2.05) is 6.92 Å². The lowest BCUT2D eigenvalue weighted by molar-refractivity contribution is 0.297. The maximum absolute atomic E-state index is 5.13. The minimum Gasteiger partial charge on any atom is -0.357 e. The van der Waals surface area contributed by atoms with E-state index in [9.17, 15) is 0 Å². The van der Waals surface area contributed by atoms with Gasteiger partial charge in [0.05, 0.1) is 0 Å². The molecule has 2 rings (SSSR count). The molecule has 0 aliphatic heterocycles. The summed E-state index contributed by atoms with van der Waals surface area (Å²) in [6, 6.07) is 0. The Morgan fingerprint density at radius 2 is 2.04 bits per heavy atom. The third-order valence-corrected chi connectivity index (χ3v) is 4.76. The van der Waals surface area contributed by atoms with Crippen molar-refractivity contribution in [2.24, 2.45) is 10.4 Å². The lowest BCUT2D eigenvalue weighted by atomic mass is 9.84. The number of guanidine groups is 1. The zero-order valence-electron chi connectivity index (χ0n) is 14.8.